The van der Waals surface area contributed by atoms with Crippen LogP contribution in [0.25, 0.3) is 10.9 Å². The van der Waals surface area contributed by atoms with E-state index in [1.807, 2.05) is 24.3 Å². The van der Waals surface area contributed by atoms with Gasteiger partial charge in [0.15, 0.2) is 0 Å². The van der Waals surface area contributed by atoms with Crippen molar-refractivity contribution in [3.8, 4) is 0 Å². The number of pyridine rings is 1. The monoisotopic (exact) mass is 274 g/mol. The second kappa shape index (κ2) is 6.45. The summed E-state index contributed by atoms with van der Waals surface area (Å²) in [6.07, 6.45) is 0.968. The topological polar surface area (TPSA) is 62.7 Å². The fourth-order valence-electron chi connectivity index (χ4n) is 2.13. The Morgan fingerprint density at radius 2 is 2.15 bits per heavy atom. The molecule has 1 N–H and O–H groups in total. The molecule has 1 amide bonds. The highest BCUT2D eigenvalue weighted by atomic mass is 16.5. The van der Waals surface area contributed by atoms with Crippen molar-refractivity contribution in [1.82, 2.24) is 9.88 Å². The molecule has 0 saturated heterocycles. The number of aliphatic hydroxyl groups excluding tert-OH is 1. The molecular weight excluding hydrogens is 256 g/mol. The molecule has 1 atom stereocenters. The van der Waals surface area contributed by atoms with E-state index in [1.54, 1.807) is 19.3 Å². The van der Waals surface area contributed by atoms with Crippen LogP contribution < -0.4 is 0 Å². The summed E-state index contributed by atoms with van der Waals surface area (Å²) >= 11 is 0. The lowest BCUT2D eigenvalue weighted by atomic mass is 10.1. The molecule has 0 fully saturated rings. The van der Waals surface area contributed by atoms with Crippen LogP contribution in [0.5, 0.6) is 0 Å². The van der Waals surface area contributed by atoms with Gasteiger partial charge in [0.05, 0.1) is 23.8 Å². The Morgan fingerprint density at radius 1 is 1.40 bits per heavy atom. The molecule has 0 bridgehead atoms. The Morgan fingerprint density at radius 3 is 2.90 bits per heavy atom. The van der Waals surface area contributed by atoms with Crippen molar-refractivity contribution >= 4 is 16.8 Å². The number of hydrogen-bond donors (Lipinski definition) is 1. The van der Waals surface area contributed by atoms with E-state index in [4.69, 9.17) is 4.74 Å². The Hall–Kier alpha value is -1.98. The number of fused-ring (bicyclic) bond motifs is 1. The van der Waals surface area contributed by atoms with Gasteiger partial charge in [-0.1, -0.05) is 18.2 Å². The molecule has 0 aliphatic carbocycles. The highest BCUT2D eigenvalue weighted by Gasteiger charge is 2.17. The summed E-state index contributed by atoms with van der Waals surface area (Å²) in [7, 11) is 3.17. The summed E-state index contributed by atoms with van der Waals surface area (Å²) < 4.78 is 4.86. The average Bonchev–Trinajstić information content (AvgIpc) is 2.46. The third kappa shape index (κ3) is 3.12. The lowest BCUT2D eigenvalue weighted by Gasteiger charge is -2.21. The lowest BCUT2D eigenvalue weighted by molar-refractivity contribution is 0.0381. The molecule has 0 aliphatic heterocycles. The molecule has 0 aliphatic rings. The highest BCUT2D eigenvalue weighted by Crippen LogP contribution is 2.17. The van der Waals surface area contributed by atoms with Crippen LogP contribution in [0.3, 0.4) is 0 Å². The first-order valence-electron chi connectivity index (χ1n) is 6.39. The molecule has 0 radical (unpaired) electrons. The number of amides is 1. The number of aromatic nitrogens is 1. The van der Waals surface area contributed by atoms with Gasteiger partial charge < -0.3 is 14.7 Å². The molecule has 1 aromatic heterocycles. The molecule has 5 nitrogen and oxygen atoms in total. The van der Waals surface area contributed by atoms with Gasteiger partial charge in [-0.3, -0.25) is 9.78 Å². The highest BCUT2D eigenvalue weighted by molar-refractivity contribution is 6.05. The van der Waals surface area contributed by atoms with E-state index in [2.05, 4.69) is 4.98 Å². The molecule has 2 rings (SSSR count). The van der Waals surface area contributed by atoms with Crippen molar-refractivity contribution in [1.29, 1.82) is 0 Å². The molecule has 106 valence electrons. The van der Waals surface area contributed by atoms with E-state index < -0.39 is 6.10 Å². The zero-order chi connectivity index (χ0) is 14.5. The lowest BCUT2D eigenvalue weighted by Crippen LogP contribution is -2.36. The minimum absolute atomic E-state index is 0.163. The van der Waals surface area contributed by atoms with Gasteiger partial charge in [-0.15, -0.1) is 0 Å². The van der Waals surface area contributed by atoms with Gasteiger partial charge in [0.25, 0.3) is 5.91 Å². The average molecular weight is 274 g/mol. The first kappa shape index (κ1) is 14.4. The van der Waals surface area contributed by atoms with Crippen LogP contribution >= 0.6 is 0 Å². The van der Waals surface area contributed by atoms with Gasteiger partial charge in [0.2, 0.25) is 0 Å². The minimum Gasteiger partial charge on any atom is -0.389 e. The number of benzene rings is 1. The van der Waals surface area contributed by atoms with Crippen LogP contribution in [0.1, 0.15) is 10.4 Å². The SMILES string of the molecule is COCC(O)CN(C)C(=O)c1cccc2cccnc12. The molecule has 0 spiro atoms. The van der Waals surface area contributed by atoms with Crippen molar-refractivity contribution in [2.24, 2.45) is 0 Å². The number of carbonyl (C=O) groups excluding carboxylic acids is 1. The molecular formula is C15H18N2O3. The van der Waals surface area contributed by atoms with E-state index in [0.29, 0.717) is 11.1 Å². The quantitative estimate of drug-likeness (QED) is 0.893. The predicted molar refractivity (Wildman–Crippen MR) is 76.6 cm³/mol. The molecule has 1 unspecified atom stereocenters. The second-order valence-corrected chi connectivity index (χ2v) is 4.68. The van der Waals surface area contributed by atoms with Crippen molar-refractivity contribution in [3.63, 3.8) is 0 Å². The number of para-hydroxylation sites is 1. The first-order valence-corrected chi connectivity index (χ1v) is 6.39. The fraction of sp³-hybridized carbons (Fsp3) is 0.333. The number of ether oxygens (including phenoxy) is 1. The predicted octanol–water partition coefficient (Wildman–Crippen LogP) is 1.31. The van der Waals surface area contributed by atoms with E-state index in [9.17, 15) is 9.90 Å². The van der Waals surface area contributed by atoms with Crippen LogP contribution in [-0.2, 0) is 4.74 Å². The Labute approximate surface area is 117 Å². The van der Waals surface area contributed by atoms with Gasteiger partial charge in [0, 0.05) is 32.3 Å². The maximum absolute atomic E-state index is 12.4. The normalized spacial score (nSPS) is 12.3. The number of carbonyl (C=O) groups is 1. The zero-order valence-corrected chi connectivity index (χ0v) is 11.6. The number of rotatable bonds is 5. The molecule has 5 heteroatoms. The van der Waals surface area contributed by atoms with Crippen LogP contribution in [0.4, 0.5) is 0 Å². The fourth-order valence-corrected chi connectivity index (χ4v) is 2.13. The van der Waals surface area contributed by atoms with Gasteiger partial charge in [-0.2, -0.15) is 0 Å². The third-order valence-corrected chi connectivity index (χ3v) is 3.05. The Balaban J connectivity index is 2.23. The summed E-state index contributed by atoms with van der Waals surface area (Å²) in [4.78, 5) is 18.2. The third-order valence-electron chi connectivity index (χ3n) is 3.05. The molecule has 1 heterocycles. The Kier molecular flexibility index (Phi) is 4.65. The number of nitrogens with zero attached hydrogens (tertiary/aromatic N) is 2. The van der Waals surface area contributed by atoms with Crippen LogP contribution in [0, 0.1) is 0 Å². The van der Waals surface area contributed by atoms with Crippen LogP contribution in [0.15, 0.2) is 36.5 Å². The zero-order valence-electron chi connectivity index (χ0n) is 11.6. The number of likely N-dealkylation sites (N-methyl/N-ethyl adjacent to an activating group) is 1. The Bertz CT molecular complexity index is 595. The summed E-state index contributed by atoms with van der Waals surface area (Å²) in [5.41, 5.74) is 1.21. The first-order chi connectivity index (χ1) is 9.63. The number of aliphatic hydroxyl groups is 1. The van der Waals surface area contributed by atoms with E-state index >= 15 is 0 Å². The number of hydrogen-bond acceptors (Lipinski definition) is 4. The standard InChI is InChI=1S/C15H18N2O3/c1-17(9-12(18)10-20-2)15(19)13-7-3-5-11-6-4-8-16-14(11)13/h3-8,12,18H,9-10H2,1-2H3. The van der Waals surface area contributed by atoms with Crippen molar-refractivity contribution in [2.75, 3.05) is 27.3 Å². The van der Waals surface area contributed by atoms with Gasteiger partial charge in [0.1, 0.15) is 0 Å². The van der Waals surface area contributed by atoms with Crippen molar-refractivity contribution in [3.05, 3.63) is 42.1 Å². The van der Waals surface area contributed by atoms with Crippen LogP contribution in [-0.4, -0.2) is 54.3 Å². The van der Waals surface area contributed by atoms with Gasteiger partial charge >= 0.3 is 0 Å². The maximum atomic E-state index is 12.4. The summed E-state index contributed by atoms with van der Waals surface area (Å²) in [6, 6.07) is 9.24. The second-order valence-electron chi connectivity index (χ2n) is 4.68. The van der Waals surface area contributed by atoms with E-state index in [0.717, 1.165) is 5.39 Å². The maximum Gasteiger partial charge on any atom is 0.255 e. The summed E-state index contributed by atoms with van der Waals surface area (Å²) in [5.74, 6) is -0.163. The summed E-state index contributed by atoms with van der Waals surface area (Å²) in [6.45, 7) is 0.418. The molecule has 20 heavy (non-hydrogen) atoms. The van der Waals surface area contributed by atoms with Gasteiger partial charge in [-0.05, 0) is 12.1 Å². The summed E-state index contributed by atoms with van der Waals surface area (Å²) in [5, 5.41) is 10.6. The molecule has 0 saturated carbocycles. The largest absolute Gasteiger partial charge is 0.389 e. The van der Waals surface area contributed by atoms with E-state index in [-0.39, 0.29) is 19.1 Å². The van der Waals surface area contributed by atoms with Gasteiger partial charge in [-0.25, -0.2) is 0 Å². The minimum atomic E-state index is -0.697. The van der Waals surface area contributed by atoms with E-state index in [1.165, 1.54) is 12.0 Å². The van der Waals surface area contributed by atoms with Crippen LogP contribution in [0.2, 0.25) is 0 Å². The molecule has 1 aromatic carbocycles. The van der Waals surface area contributed by atoms with Crippen molar-refractivity contribution in [2.45, 2.75) is 6.10 Å². The molecule has 2 aromatic rings. The number of methoxy groups -OCH3 is 1. The van der Waals surface area contributed by atoms with Crippen molar-refractivity contribution < 1.29 is 14.6 Å². The smallest absolute Gasteiger partial charge is 0.255 e.